The maximum atomic E-state index is 10.6. The zero-order valence-corrected chi connectivity index (χ0v) is 8.08. The average Bonchev–Trinajstić information content (AvgIpc) is 2.16. The van der Waals surface area contributed by atoms with Gasteiger partial charge >= 0.3 is 17.3 Å². The lowest BCUT2D eigenvalue weighted by Gasteiger charge is -2.00. The minimum Gasteiger partial charge on any atom is -0.426 e. The number of nitrogens with zero attached hydrogens (tertiary/aromatic N) is 2. The second-order valence-electron chi connectivity index (χ2n) is 2.76. The minimum atomic E-state index is -0.912. The molecule has 1 rings (SSSR count). The molecule has 0 radical (unpaired) electrons. The highest BCUT2D eigenvalue weighted by Crippen LogP contribution is 2.30. The van der Waals surface area contributed by atoms with E-state index in [1.54, 1.807) is 0 Å². The number of rotatable bonds is 3. The second kappa shape index (κ2) is 4.34. The van der Waals surface area contributed by atoms with Crippen molar-refractivity contribution in [2.24, 2.45) is 0 Å². The van der Waals surface area contributed by atoms with Gasteiger partial charge in [-0.3, -0.25) is 25.0 Å². The summed E-state index contributed by atoms with van der Waals surface area (Å²) in [5.41, 5.74) is -1.37. The molecule has 0 spiro atoms. The van der Waals surface area contributed by atoms with Crippen molar-refractivity contribution < 1.29 is 19.4 Å². The van der Waals surface area contributed by atoms with Gasteiger partial charge in [0.1, 0.15) is 5.75 Å². The summed E-state index contributed by atoms with van der Waals surface area (Å²) < 4.78 is 4.57. The lowest BCUT2D eigenvalue weighted by atomic mass is 10.2. The highest BCUT2D eigenvalue weighted by molar-refractivity contribution is 5.70. The molecule has 84 valence electrons. The molecule has 0 aliphatic carbocycles. The topological polar surface area (TPSA) is 113 Å². The summed E-state index contributed by atoms with van der Waals surface area (Å²) >= 11 is 0. The van der Waals surface area contributed by atoms with Crippen molar-refractivity contribution in [3.05, 3.63) is 38.4 Å². The fourth-order valence-corrected chi connectivity index (χ4v) is 1.03. The first-order chi connectivity index (χ1) is 7.41. The maximum absolute atomic E-state index is 10.6. The van der Waals surface area contributed by atoms with Gasteiger partial charge in [0.15, 0.2) is 0 Å². The van der Waals surface area contributed by atoms with E-state index in [1.165, 1.54) is 0 Å². The van der Waals surface area contributed by atoms with Gasteiger partial charge in [0.25, 0.3) is 0 Å². The molecule has 0 aromatic heterocycles. The van der Waals surface area contributed by atoms with Crippen LogP contribution in [0.1, 0.15) is 6.92 Å². The highest BCUT2D eigenvalue weighted by atomic mass is 16.6. The van der Waals surface area contributed by atoms with Crippen LogP contribution in [0.25, 0.3) is 0 Å². The predicted molar refractivity (Wildman–Crippen MR) is 51.1 cm³/mol. The molecule has 0 saturated carbocycles. The molecule has 0 aliphatic heterocycles. The Balaban J connectivity index is 3.22. The number of carbonyl (C=O) groups excluding carboxylic acids is 1. The molecule has 8 heteroatoms. The Hall–Kier alpha value is -2.51. The monoisotopic (exact) mass is 226 g/mol. The molecule has 0 unspecified atom stereocenters. The standard InChI is InChI=1S/C8H6N2O6/c1-5(11)16-6-2-3-7(9(12)13)8(4-6)10(14)15/h2-4H,1H3. The summed E-state index contributed by atoms with van der Waals surface area (Å²) in [6.07, 6.45) is 0. The van der Waals surface area contributed by atoms with Crippen LogP contribution in [-0.4, -0.2) is 15.8 Å². The van der Waals surface area contributed by atoms with Crippen LogP contribution in [-0.2, 0) is 4.79 Å². The number of hydrogen-bond donors (Lipinski definition) is 0. The Morgan fingerprint density at radius 2 is 1.75 bits per heavy atom. The zero-order chi connectivity index (χ0) is 12.3. The SMILES string of the molecule is CC(=O)Oc1ccc([N+](=O)[O-])c([N+](=O)[O-])c1. The summed E-state index contributed by atoms with van der Waals surface area (Å²) in [4.78, 5) is 29.8. The zero-order valence-electron chi connectivity index (χ0n) is 8.08. The Morgan fingerprint density at radius 3 is 2.19 bits per heavy atom. The number of nitro benzene ring substituents is 2. The first kappa shape index (κ1) is 11.6. The van der Waals surface area contributed by atoms with Crippen LogP contribution < -0.4 is 4.74 Å². The van der Waals surface area contributed by atoms with Gasteiger partial charge < -0.3 is 4.74 Å². The maximum Gasteiger partial charge on any atom is 0.349 e. The van der Waals surface area contributed by atoms with Gasteiger partial charge in [-0.1, -0.05) is 0 Å². The molecule has 0 aliphatic rings. The van der Waals surface area contributed by atoms with Crippen LogP contribution in [0.4, 0.5) is 11.4 Å². The first-order valence-electron chi connectivity index (χ1n) is 4.03. The second-order valence-corrected chi connectivity index (χ2v) is 2.76. The molecule has 1 aromatic carbocycles. The highest BCUT2D eigenvalue weighted by Gasteiger charge is 2.24. The number of ether oxygens (including phenoxy) is 1. The number of esters is 1. The van der Waals surface area contributed by atoms with Crippen LogP contribution in [0.3, 0.4) is 0 Å². The molecule has 0 atom stereocenters. The average molecular weight is 226 g/mol. The largest absolute Gasteiger partial charge is 0.426 e. The van der Waals surface area contributed by atoms with E-state index in [-0.39, 0.29) is 5.75 Å². The van der Waals surface area contributed by atoms with E-state index >= 15 is 0 Å². The van der Waals surface area contributed by atoms with Crippen LogP contribution in [0.15, 0.2) is 18.2 Å². The van der Waals surface area contributed by atoms with Gasteiger partial charge in [0.05, 0.1) is 15.9 Å². The van der Waals surface area contributed by atoms with E-state index in [9.17, 15) is 25.0 Å². The van der Waals surface area contributed by atoms with Gasteiger partial charge in [0.2, 0.25) is 0 Å². The molecule has 16 heavy (non-hydrogen) atoms. The normalized spacial score (nSPS) is 9.56. The van der Waals surface area contributed by atoms with Crippen LogP contribution in [0.2, 0.25) is 0 Å². The number of carbonyl (C=O) groups is 1. The van der Waals surface area contributed by atoms with Crippen molar-refractivity contribution in [3.8, 4) is 5.75 Å². The van der Waals surface area contributed by atoms with E-state index in [1.807, 2.05) is 0 Å². The summed E-state index contributed by atoms with van der Waals surface area (Å²) in [6.45, 7) is 1.12. The van der Waals surface area contributed by atoms with Crippen LogP contribution in [0.5, 0.6) is 5.75 Å². The van der Waals surface area contributed by atoms with E-state index in [0.717, 1.165) is 25.1 Å². The van der Waals surface area contributed by atoms with Crippen LogP contribution in [0, 0.1) is 20.2 Å². The van der Waals surface area contributed by atoms with Crippen LogP contribution >= 0.6 is 0 Å². The van der Waals surface area contributed by atoms with E-state index in [4.69, 9.17) is 0 Å². The molecule has 0 heterocycles. The summed E-state index contributed by atoms with van der Waals surface area (Å²) in [7, 11) is 0. The molecule has 0 N–H and O–H groups in total. The molecule has 0 amide bonds. The Morgan fingerprint density at radius 1 is 1.19 bits per heavy atom. The number of benzene rings is 1. The van der Waals surface area contributed by atoms with E-state index in [2.05, 4.69) is 4.74 Å². The van der Waals surface area contributed by atoms with Gasteiger partial charge in [-0.2, -0.15) is 0 Å². The Kier molecular flexibility index (Phi) is 3.14. The van der Waals surface area contributed by atoms with Gasteiger partial charge in [-0.05, 0) is 6.07 Å². The third kappa shape index (κ3) is 2.50. The fourth-order valence-electron chi connectivity index (χ4n) is 1.03. The Bertz CT molecular complexity index is 470. The first-order valence-corrected chi connectivity index (χ1v) is 4.03. The summed E-state index contributed by atoms with van der Waals surface area (Å²) in [6, 6.07) is 2.86. The smallest absolute Gasteiger partial charge is 0.349 e. The van der Waals surface area contributed by atoms with Crippen molar-refractivity contribution in [1.29, 1.82) is 0 Å². The lowest BCUT2D eigenvalue weighted by Crippen LogP contribution is -2.03. The van der Waals surface area contributed by atoms with E-state index < -0.39 is 27.2 Å². The number of hydrogen-bond acceptors (Lipinski definition) is 6. The third-order valence-corrected chi connectivity index (χ3v) is 1.60. The van der Waals surface area contributed by atoms with Gasteiger partial charge in [-0.15, -0.1) is 0 Å². The van der Waals surface area contributed by atoms with Crippen molar-refractivity contribution in [1.82, 2.24) is 0 Å². The van der Waals surface area contributed by atoms with Crippen molar-refractivity contribution >= 4 is 17.3 Å². The molecule has 1 aromatic rings. The van der Waals surface area contributed by atoms with Crippen molar-refractivity contribution in [2.75, 3.05) is 0 Å². The number of nitro groups is 2. The van der Waals surface area contributed by atoms with Gasteiger partial charge in [-0.25, -0.2) is 0 Å². The van der Waals surface area contributed by atoms with E-state index in [0.29, 0.717) is 0 Å². The molecule has 0 saturated heterocycles. The Labute approximate surface area is 88.7 Å². The molecule has 0 fully saturated rings. The third-order valence-electron chi connectivity index (χ3n) is 1.60. The minimum absolute atomic E-state index is 0.107. The summed E-state index contributed by atoms with van der Waals surface area (Å²) in [5.74, 6) is -0.770. The molecular formula is C8H6N2O6. The predicted octanol–water partition coefficient (Wildman–Crippen LogP) is 1.43. The molecule has 8 nitrogen and oxygen atoms in total. The summed E-state index contributed by atoms with van der Waals surface area (Å²) in [5, 5.41) is 21.0. The molecule has 0 bridgehead atoms. The van der Waals surface area contributed by atoms with Gasteiger partial charge in [0, 0.05) is 13.0 Å². The van der Waals surface area contributed by atoms with Crippen molar-refractivity contribution in [2.45, 2.75) is 6.92 Å². The lowest BCUT2D eigenvalue weighted by molar-refractivity contribution is -0.422. The van der Waals surface area contributed by atoms with Crippen molar-refractivity contribution in [3.63, 3.8) is 0 Å². The fraction of sp³-hybridized carbons (Fsp3) is 0.125. The molecular weight excluding hydrogens is 220 g/mol. The quantitative estimate of drug-likeness (QED) is 0.333.